The molecule has 0 aliphatic carbocycles. The van der Waals surface area contributed by atoms with Crippen LogP contribution in [0.3, 0.4) is 0 Å². The molecule has 0 saturated heterocycles. The first kappa shape index (κ1) is 14.0. The van der Waals surface area contributed by atoms with Crippen LogP contribution in [0, 0.1) is 5.92 Å². The maximum atomic E-state index is 11.6. The van der Waals surface area contributed by atoms with Crippen molar-refractivity contribution in [1.29, 1.82) is 0 Å². The van der Waals surface area contributed by atoms with Crippen molar-refractivity contribution in [2.45, 2.75) is 13.8 Å². The maximum Gasteiger partial charge on any atom is 0.224 e. The summed E-state index contributed by atoms with van der Waals surface area (Å²) in [5, 5.41) is 0. The van der Waals surface area contributed by atoms with Gasteiger partial charge < -0.3 is 9.64 Å². The number of ether oxygens (including phenoxy) is 1. The molecule has 0 aliphatic rings. The van der Waals surface area contributed by atoms with Gasteiger partial charge in [-0.05, 0) is 24.3 Å². The Balaban J connectivity index is 2.33. The summed E-state index contributed by atoms with van der Waals surface area (Å²) in [6.07, 6.45) is 0. The predicted octanol–water partition coefficient (Wildman–Crippen LogP) is 2.94. The molecule has 94 valence electrons. The molecule has 0 fully saturated rings. The number of benzene rings is 1. The summed E-state index contributed by atoms with van der Waals surface area (Å²) in [5.74, 6) is 0.996. The summed E-state index contributed by atoms with van der Waals surface area (Å²) in [4.78, 5) is 13.3. The van der Waals surface area contributed by atoms with Gasteiger partial charge >= 0.3 is 0 Å². The molecule has 0 atom stereocenters. The molecule has 0 unspecified atom stereocenters. The summed E-state index contributed by atoms with van der Waals surface area (Å²) in [7, 11) is 1.80. The van der Waals surface area contributed by atoms with Crippen LogP contribution in [0.4, 0.5) is 0 Å². The normalized spacial score (nSPS) is 10.4. The number of amides is 1. The Bertz CT molecular complexity index is 362. The van der Waals surface area contributed by atoms with Gasteiger partial charge in [0.15, 0.2) is 0 Å². The SMILES string of the molecule is CC(C)C(=O)N(C)CCOc1ccc(Br)cc1. The molecule has 0 spiro atoms. The predicted molar refractivity (Wildman–Crippen MR) is 72.1 cm³/mol. The van der Waals surface area contributed by atoms with Gasteiger partial charge in [0, 0.05) is 17.4 Å². The lowest BCUT2D eigenvalue weighted by Gasteiger charge is -2.19. The fraction of sp³-hybridized carbons (Fsp3) is 0.462. The van der Waals surface area contributed by atoms with E-state index in [1.54, 1.807) is 11.9 Å². The fourth-order valence-corrected chi connectivity index (χ4v) is 1.65. The van der Waals surface area contributed by atoms with Gasteiger partial charge in [0.25, 0.3) is 0 Å². The monoisotopic (exact) mass is 299 g/mol. The van der Waals surface area contributed by atoms with Crippen LogP contribution in [0.2, 0.25) is 0 Å². The molecule has 0 aliphatic heterocycles. The second-order valence-corrected chi connectivity index (χ2v) is 5.13. The third-order valence-corrected chi connectivity index (χ3v) is 2.91. The third-order valence-electron chi connectivity index (χ3n) is 2.38. The van der Waals surface area contributed by atoms with Crippen molar-refractivity contribution in [3.05, 3.63) is 28.7 Å². The number of hydrogen-bond donors (Lipinski definition) is 0. The number of hydrogen-bond acceptors (Lipinski definition) is 2. The lowest BCUT2D eigenvalue weighted by atomic mass is 10.2. The highest BCUT2D eigenvalue weighted by Gasteiger charge is 2.12. The molecule has 0 bridgehead atoms. The Morgan fingerprint density at radius 1 is 1.35 bits per heavy atom. The molecular weight excluding hydrogens is 282 g/mol. The van der Waals surface area contributed by atoms with Gasteiger partial charge in [-0.3, -0.25) is 4.79 Å². The third kappa shape index (κ3) is 4.77. The van der Waals surface area contributed by atoms with Gasteiger partial charge in [0.1, 0.15) is 12.4 Å². The van der Waals surface area contributed by atoms with Crippen LogP contribution in [0.15, 0.2) is 28.7 Å². The Labute approximate surface area is 111 Å². The van der Waals surface area contributed by atoms with Crippen molar-refractivity contribution >= 4 is 21.8 Å². The first-order chi connectivity index (χ1) is 8.00. The van der Waals surface area contributed by atoms with E-state index in [1.807, 2.05) is 38.1 Å². The topological polar surface area (TPSA) is 29.5 Å². The summed E-state index contributed by atoms with van der Waals surface area (Å²) >= 11 is 3.36. The molecule has 0 N–H and O–H groups in total. The maximum absolute atomic E-state index is 11.6. The van der Waals surface area contributed by atoms with Crippen molar-refractivity contribution in [2.24, 2.45) is 5.92 Å². The Kier molecular flexibility index (Phi) is 5.48. The fourth-order valence-electron chi connectivity index (χ4n) is 1.38. The minimum atomic E-state index is 0.0349. The smallest absolute Gasteiger partial charge is 0.224 e. The van der Waals surface area contributed by atoms with Gasteiger partial charge in [-0.15, -0.1) is 0 Å². The molecular formula is C13H18BrNO2. The second-order valence-electron chi connectivity index (χ2n) is 4.22. The molecule has 4 heteroatoms. The molecule has 1 aromatic rings. The van der Waals surface area contributed by atoms with Crippen molar-refractivity contribution in [3.8, 4) is 5.75 Å². The van der Waals surface area contributed by atoms with E-state index in [0.29, 0.717) is 13.2 Å². The molecule has 0 radical (unpaired) electrons. The standard InChI is InChI=1S/C13H18BrNO2/c1-10(2)13(16)15(3)8-9-17-12-6-4-11(14)5-7-12/h4-7,10H,8-9H2,1-3H3. The zero-order valence-electron chi connectivity index (χ0n) is 10.4. The van der Waals surface area contributed by atoms with Crippen LogP contribution in [0.25, 0.3) is 0 Å². The van der Waals surface area contributed by atoms with Crippen LogP contribution < -0.4 is 4.74 Å². The van der Waals surface area contributed by atoms with Crippen LogP contribution in [-0.2, 0) is 4.79 Å². The molecule has 17 heavy (non-hydrogen) atoms. The summed E-state index contributed by atoms with van der Waals surface area (Å²) in [5.41, 5.74) is 0. The highest BCUT2D eigenvalue weighted by atomic mass is 79.9. The summed E-state index contributed by atoms with van der Waals surface area (Å²) < 4.78 is 6.57. The highest BCUT2D eigenvalue weighted by molar-refractivity contribution is 9.10. The van der Waals surface area contributed by atoms with Gasteiger partial charge in [-0.25, -0.2) is 0 Å². The zero-order chi connectivity index (χ0) is 12.8. The average molecular weight is 300 g/mol. The number of rotatable bonds is 5. The van der Waals surface area contributed by atoms with E-state index in [2.05, 4.69) is 15.9 Å². The van der Waals surface area contributed by atoms with Crippen LogP contribution in [0.1, 0.15) is 13.8 Å². The number of carbonyl (C=O) groups excluding carboxylic acids is 1. The quantitative estimate of drug-likeness (QED) is 0.837. The van der Waals surface area contributed by atoms with E-state index >= 15 is 0 Å². The zero-order valence-corrected chi connectivity index (χ0v) is 12.0. The van der Waals surface area contributed by atoms with E-state index in [9.17, 15) is 4.79 Å². The number of nitrogens with zero attached hydrogens (tertiary/aromatic N) is 1. The summed E-state index contributed by atoms with van der Waals surface area (Å²) in [6.45, 7) is 4.91. The van der Waals surface area contributed by atoms with E-state index in [4.69, 9.17) is 4.74 Å². The molecule has 1 amide bonds. The Morgan fingerprint density at radius 2 is 1.94 bits per heavy atom. The second kappa shape index (κ2) is 6.64. The van der Waals surface area contributed by atoms with Crippen LogP contribution in [0.5, 0.6) is 5.75 Å². The Hall–Kier alpha value is -1.03. The van der Waals surface area contributed by atoms with E-state index in [0.717, 1.165) is 10.2 Å². The molecule has 1 rings (SSSR count). The van der Waals surface area contributed by atoms with E-state index in [-0.39, 0.29) is 11.8 Å². The van der Waals surface area contributed by atoms with Crippen molar-refractivity contribution in [1.82, 2.24) is 4.90 Å². The summed E-state index contributed by atoms with van der Waals surface area (Å²) in [6, 6.07) is 7.65. The Morgan fingerprint density at radius 3 is 2.47 bits per heavy atom. The lowest BCUT2D eigenvalue weighted by molar-refractivity contribution is -0.133. The van der Waals surface area contributed by atoms with Gasteiger partial charge in [0.2, 0.25) is 5.91 Å². The first-order valence-electron chi connectivity index (χ1n) is 5.64. The molecule has 1 aromatic carbocycles. The van der Waals surface area contributed by atoms with Crippen molar-refractivity contribution in [2.75, 3.05) is 20.2 Å². The van der Waals surface area contributed by atoms with Crippen molar-refractivity contribution < 1.29 is 9.53 Å². The van der Waals surface area contributed by atoms with E-state index in [1.165, 1.54) is 0 Å². The van der Waals surface area contributed by atoms with Gasteiger partial charge in [-0.2, -0.15) is 0 Å². The van der Waals surface area contributed by atoms with Gasteiger partial charge in [0.05, 0.1) is 6.54 Å². The number of likely N-dealkylation sites (N-methyl/N-ethyl adjacent to an activating group) is 1. The van der Waals surface area contributed by atoms with Crippen molar-refractivity contribution in [3.63, 3.8) is 0 Å². The first-order valence-corrected chi connectivity index (χ1v) is 6.43. The molecule has 0 saturated carbocycles. The highest BCUT2D eigenvalue weighted by Crippen LogP contribution is 2.15. The average Bonchev–Trinajstić information content (AvgIpc) is 2.30. The molecule has 0 aromatic heterocycles. The van der Waals surface area contributed by atoms with Crippen LogP contribution in [-0.4, -0.2) is 31.0 Å². The van der Waals surface area contributed by atoms with Gasteiger partial charge in [-0.1, -0.05) is 29.8 Å². The molecule has 3 nitrogen and oxygen atoms in total. The molecule has 0 heterocycles. The van der Waals surface area contributed by atoms with Crippen LogP contribution >= 0.6 is 15.9 Å². The minimum absolute atomic E-state index is 0.0349. The largest absolute Gasteiger partial charge is 0.492 e. The van der Waals surface area contributed by atoms with E-state index < -0.39 is 0 Å². The number of carbonyl (C=O) groups is 1. The number of halogens is 1. The lowest BCUT2D eigenvalue weighted by Crippen LogP contribution is -2.33. The minimum Gasteiger partial charge on any atom is -0.492 e.